The van der Waals surface area contributed by atoms with Crippen LogP contribution in [-0.4, -0.2) is 36.4 Å². The third-order valence-corrected chi connectivity index (χ3v) is 4.79. The van der Waals surface area contributed by atoms with E-state index in [0.29, 0.717) is 26.1 Å². The van der Waals surface area contributed by atoms with Gasteiger partial charge >= 0.3 is 0 Å². The minimum atomic E-state index is -0.257. The van der Waals surface area contributed by atoms with Gasteiger partial charge in [-0.05, 0) is 43.6 Å². The third-order valence-electron chi connectivity index (χ3n) is 3.85. The van der Waals surface area contributed by atoms with Crippen molar-refractivity contribution in [1.29, 1.82) is 0 Å². The van der Waals surface area contributed by atoms with Crippen molar-refractivity contribution >= 4 is 17.2 Å². The number of hydrogen-bond donors (Lipinski definition) is 2. The molecule has 112 valence electrons. The zero-order valence-electron chi connectivity index (χ0n) is 11.8. The molecule has 1 aliphatic rings. The maximum atomic E-state index is 12.1. The minimum Gasteiger partial charge on any atom is -0.396 e. The molecule has 20 heavy (non-hydrogen) atoms. The van der Waals surface area contributed by atoms with Gasteiger partial charge in [0.2, 0.25) is 5.91 Å². The normalized spacial score (nSPS) is 17.9. The lowest BCUT2D eigenvalue weighted by Gasteiger charge is -2.37. The molecule has 0 unspecified atom stereocenters. The molecule has 5 heteroatoms. The standard InChI is InChI=1S/C15H23NO3S/c17-9-6-15(7-10-19-11-8-15)16-14(18)5-1-3-13-4-2-12-20-13/h2,4,12,17H,1,3,5-11H2,(H,16,18). The van der Waals surface area contributed by atoms with Gasteiger partial charge in [0.1, 0.15) is 0 Å². The van der Waals surface area contributed by atoms with Crippen LogP contribution in [0, 0.1) is 0 Å². The van der Waals surface area contributed by atoms with Crippen LogP contribution >= 0.6 is 11.3 Å². The zero-order chi connectivity index (χ0) is 14.3. The summed E-state index contributed by atoms with van der Waals surface area (Å²) in [6.07, 6.45) is 4.59. The SMILES string of the molecule is O=C(CCCc1cccs1)NC1(CCO)CCOCC1. The molecule has 0 atom stereocenters. The van der Waals surface area contributed by atoms with Crippen molar-refractivity contribution in [1.82, 2.24) is 5.32 Å². The first-order valence-electron chi connectivity index (χ1n) is 7.26. The summed E-state index contributed by atoms with van der Waals surface area (Å²) in [5.41, 5.74) is -0.257. The molecule has 2 heterocycles. The number of aryl methyl sites for hydroxylation is 1. The van der Waals surface area contributed by atoms with Crippen molar-refractivity contribution in [3.63, 3.8) is 0 Å². The van der Waals surface area contributed by atoms with Gasteiger partial charge < -0.3 is 15.2 Å². The summed E-state index contributed by atoms with van der Waals surface area (Å²) in [6, 6.07) is 4.15. The van der Waals surface area contributed by atoms with Crippen LogP contribution in [0.25, 0.3) is 0 Å². The van der Waals surface area contributed by atoms with Crippen molar-refractivity contribution in [3.8, 4) is 0 Å². The number of aliphatic hydroxyl groups is 1. The van der Waals surface area contributed by atoms with Gasteiger partial charge in [-0.15, -0.1) is 11.3 Å². The second-order valence-electron chi connectivity index (χ2n) is 5.35. The Labute approximate surface area is 124 Å². The number of thiophene rings is 1. The van der Waals surface area contributed by atoms with Gasteiger partial charge in [0, 0.05) is 36.7 Å². The van der Waals surface area contributed by atoms with E-state index in [0.717, 1.165) is 25.7 Å². The highest BCUT2D eigenvalue weighted by atomic mass is 32.1. The Morgan fingerprint density at radius 3 is 2.90 bits per heavy atom. The van der Waals surface area contributed by atoms with Crippen molar-refractivity contribution in [2.24, 2.45) is 0 Å². The molecule has 0 aliphatic carbocycles. The van der Waals surface area contributed by atoms with Crippen LogP contribution in [-0.2, 0) is 16.0 Å². The van der Waals surface area contributed by atoms with Crippen LogP contribution < -0.4 is 5.32 Å². The first-order chi connectivity index (χ1) is 9.74. The molecular weight excluding hydrogens is 274 g/mol. The molecule has 2 N–H and O–H groups in total. The van der Waals surface area contributed by atoms with Gasteiger partial charge in [-0.1, -0.05) is 6.07 Å². The van der Waals surface area contributed by atoms with Crippen LogP contribution in [0.1, 0.15) is 37.0 Å². The van der Waals surface area contributed by atoms with Crippen LogP contribution in [0.4, 0.5) is 0 Å². The van der Waals surface area contributed by atoms with Gasteiger partial charge in [-0.2, -0.15) is 0 Å². The van der Waals surface area contributed by atoms with E-state index in [-0.39, 0.29) is 18.1 Å². The quantitative estimate of drug-likeness (QED) is 0.810. The molecule has 0 bridgehead atoms. The Morgan fingerprint density at radius 1 is 1.45 bits per heavy atom. The number of ether oxygens (including phenoxy) is 1. The Bertz CT molecular complexity index is 394. The Morgan fingerprint density at radius 2 is 2.25 bits per heavy atom. The number of carbonyl (C=O) groups excluding carboxylic acids is 1. The predicted molar refractivity (Wildman–Crippen MR) is 79.9 cm³/mol. The first kappa shape index (κ1) is 15.5. The minimum absolute atomic E-state index is 0.0944. The molecule has 1 saturated heterocycles. The number of carbonyl (C=O) groups is 1. The average Bonchev–Trinajstić information content (AvgIpc) is 2.93. The van der Waals surface area contributed by atoms with Crippen molar-refractivity contribution in [2.75, 3.05) is 19.8 Å². The zero-order valence-corrected chi connectivity index (χ0v) is 12.6. The second kappa shape index (κ2) is 7.76. The summed E-state index contributed by atoms with van der Waals surface area (Å²) < 4.78 is 5.35. The first-order valence-corrected chi connectivity index (χ1v) is 8.14. The number of hydrogen-bond acceptors (Lipinski definition) is 4. The molecule has 4 nitrogen and oxygen atoms in total. The molecule has 1 aromatic heterocycles. The lowest BCUT2D eigenvalue weighted by Crippen LogP contribution is -2.52. The Hall–Kier alpha value is -0.910. The fourth-order valence-electron chi connectivity index (χ4n) is 2.65. The molecule has 0 spiro atoms. The van der Waals surface area contributed by atoms with E-state index >= 15 is 0 Å². The van der Waals surface area contributed by atoms with E-state index in [4.69, 9.17) is 4.74 Å². The summed E-state index contributed by atoms with van der Waals surface area (Å²) in [5, 5.41) is 14.4. The van der Waals surface area contributed by atoms with Gasteiger partial charge in [-0.25, -0.2) is 0 Å². The van der Waals surface area contributed by atoms with E-state index in [1.807, 2.05) is 6.07 Å². The summed E-state index contributed by atoms with van der Waals surface area (Å²) in [6.45, 7) is 1.43. The van der Waals surface area contributed by atoms with Gasteiger partial charge in [0.15, 0.2) is 0 Å². The van der Waals surface area contributed by atoms with E-state index in [9.17, 15) is 9.90 Å². The number of amides is 1. The summed E-state index contributed by atoms with van der Waals surface area (Å²) >= 11 is 1.74. The van der Waals surface area contributed by atoms with Crippen LogP contribution in [0.3, 0.4) is 0 Å². The summed E-state index contributed by atoms with van der Waals surface area (Å²) in [5.74, 6) is 0.0944. The molecule has 0 saturated carbocycles. The summed E-state index contributed by atoms with van der Waals surface area (Å²) in [7, 11) is 0. The number of nitrogens with one attached hydrogen (secondary N) is 1. The Kier molecular flexibility index (Phi) is 6.01. The molecule has 1 fully saturated rings. The number of aliphatic hydroxyl groups excluding tert-OH is 1. The third kappa shape index (κ3) is 4.58. The highest BCUT2D eigenvalue weighted by Crippen LogP contribution is 2.24. The lowest BCUT2D eigenvalue weighted by atomic mass is 9.86. The second-order valence-corrected chi connectivity index (χ2v) is 6.38. The summed E-state index contributed by atoms with van der Waals surface area (Å²) in [4.78, 5) is 13.4. The van der Waals surface area contributed by atoms with Crippen LogP contribution in [0.15, 0.2) is 17.5 Å². The maximum Gasteiger partial charge on any atom is 0.220 e. The van der Waals surface area contributed by atoms with Gasteiger partial charge in [0.25, 0.3) is 0 Å². The molecule has 0 radical (unpaired) electrons. The van der Waals surface area contributed by atoms with E-state index in [1.165, 1.54) is 4.88 Å². The monoisotopic (exact) mass is 297 g/mol. The highest BCUT2D eigenvalue weighted by Gasteiger charge is 2.33. The molecule has 1 aromatic rings. The fourth-order valence-corrected chi connectivity index (χ4v) is 3.40. The van der Waals surface area contributed by atoms with Crippen molar-refractivity contribution in [2.45, 2.75) is 44.1 Å². The van der Waals surface area contributed by atoms with E-state index in [2.05, 4.69) is 16.8 Å². The molecule has 0 aromatic carbocycles. The Balaban J connectivity index is 1.76. The smallest absolute Gasteiger partial charge is 0.220 e. The van der Waals surface area contributed by atoms with Crippen LogP contribution in [0.5, 0.6) is 0 Å². The van der Waals surface area contributed by atoms with Gasteiger partial charge in [0.05, 0.1) is 0 Å². The van der Waals surface area contributed by atoms with E-state index < -0.39 is 0 Å². The fraction of sp³-hybridized carbons (Fsp3) is 0.667. The van der Waals surface area contributed by atoms with E-state index in [1.54, 1.807) is 11.3 Å². The van der Waals surface area contributed by atoms with Crippen molar-refractivity contribution in [3.05, 3.63) is 22.4 Å². The molecular formula is C15H23NO3S. The average molecular weight is 297 g/mol. The van der Waals surface area contributed by atoms with Crippen molar-refractivity contribution < 1.29 is 14.6 Å². The largest absolute Gasteiger partial charge is 0.396 e. The topological polar surface area (TPSA) is 58.6 Å². The number of rotatable bonds is 7. The highest BCUT2D eigenvalue weighted by molar-refractivity contribution is 7.09. The van der Waals surface area contributed by atoms with Crippen LogP contribution in [0.2, 0.25) is 0 Å². The predicted octanol–water partition coefficient (Wildman–Crippen LogP) is 2.12. The molecule has 2 rings (SSSR count). The van der Waals surface area contributed by atoms with Gasteiger partial charge in [-0.3, -0.25) is 4.79 Å². The maximum absolute atomic E-state index is 12.1. The molecule has 1 aliphatic heterocycles. The molecule has 1 amide bonds. The lowest BCUT2D eigenvalue weighted by molar-refractivity contribution is -0.124.